The number of hydrogen-bond acceptors (Lipinski definition) is 3. The van der Waals surface area contributed by atoms with Crippen LogP contribution >= 0.6 is 0 Å². The molecule has 0 aliphatic carbocycles. The van der Waals surface area contributed by atoms with Crippen molar-refractivity contribution in [1.29, 1.82) is 5.26 Å². The second kappa shape index (κ2) is 5.13. The topological polar surface area (TPSA) is 45.0 Å². The van der Waals surface area contributed by atoms with Crippen molar-refractivity contribution in [3.05, 3.63) is 0 Å². The molecular formula is C9H16N2O. The molecule has 1 fully saturated rings. The van der Waals surface area contributed by atoms with E-state index in [9.17, 15) is 0 Å². The first-order valence-electron chi connectivity index (χ1n) is 4.61. The predicted molar refractivity (Wildman–Crippen MR) is 46.7 cm³/mol. The Labute approximate surface area is 73.7 Å². The summed E-state index contributed by atoms with van der Waals surface area (Å²) in [5.74, 6) is 0. The fraction of sp³-hybridized carbons (Fsp3) is 0.889. The van der Waals surface area contributed by atoms with Crippen LogP contribution in [-0.2, 0) is 4.74 Å². The fourth-order valence-electron chi connectivity index (χ4n) is 1.34. The molecule has 1 rings (SSSR count). The number of nitrogens with one attached hydrogen (secondary N) is 1. The molecule has 2 unspecified atom stereocenters. The maximum absolute atomic E-state index is 8.54. The third-order valence-corrected chi connectivity index (χ3v) is 2.14. The zero-order valence-electron chi connectivity index (χ0n) is 7.55. The van der Waals surface area contributed by atoms with Gasteiger partial charge in [-0.2, -0.15) is 5.26 Å². The quantitative estimate of drug-likeness (QED) is 0.685. The molecule has 3 nitrogen and oxygen atoms in total. The van der Waals surface area contributed by atoms with Crippen molar-refractivity contribution in [3.63, 3.8) is 0 Å². The lowest BCUT2D eigenvalue weighted by Gasteiger charge is -2.26. The molecule has 0 bridgehead atoms. The van der Waals surface area contributed by atoms with Gasteiger partial charge in [0.15, 0.2) is 6.10 Å². The Balaban J connectivity index is 2.14. The van der Waals surface area contributed by atoms with Gasteiger partial charge in [-0.15, -0.1) is 0 Å². The number of ether oxygens (including phenoxy) is 1. The molecule has 0 aromatic carbocycles. The van der Waals surface area contributed by atoms with Crippen molar-refractivity contribution < 1.29 is 4.74 Å². The highest BCUT2D eigenvalue weighted by Gasteiger charge is 2.19. The van der Waals surface area contributed by atoms with Crippen molar-refractivity contribution >= 4 is 0 Å². The molecule has 68 valence electrons. The van der Waals surface area contributed by atoms with Crippen molar-refractivity contribution in [3.8, 4) is 6.07 Å². The lowest BCUT2D eigenvalue weighted by molar-refractivity contribution is 0.0334. The number of nitriles is 1. The lowest BCUT2D eigenvalue weighted by atomic mass is 10.1. The maximum atomic E-state index is 8.54. The fourth-order valence-corrected chi connectivity index (χ4v) is 1.34. The number of unbranched alkanes of at least 4 members (excludes halogenated alkanes) is 1. The van der Waals surface area contributed by atoms with Crippen LogP contribution in [0.3, 0.4) is 0 Å². The SMILES string of the molecule is CCCCC1COC(C#N)CN1. The van der Waals surface area contributed by atoms with E-state index in [0.717, 1.165) is 6.42 Å². The minimum absolute atomic E-state index is 0.233. The molecule has 1 aliphatic rings. The normalized spacial score (nSPS) is 29.7. The predicted octanol–water partition coefficient (Wildman–Crippen LogP) is 1.06. The van der Waals surface area contributed by atoms with Crippen molar-refractivity contribution in [2.24, 2.45) is 0 Å². The molecule has 1 N–H and O–H groups in total. The van der Waals surface area contributed by atoms with E-state index >= 15 is 0 Å². The van der Waals surface area contributed by atoms with Crippen LogP contribution in [0.4, 0.5) is 0 Å². The summed E-state index contributed by atoms with van der Waals surface area (Å²) in [6.45, 7) is 3.56. The van der Waals surface area contributed by atoms with Crippen LogP contribution in [0.2, 0.25) is 0 Å². The van der Waals surface area contributed by atoms with Crippen LogP contribution in [0.25, 0.3) is 0 Å². The molecule has 12 heavy (non-hydrogen) atoms. The van der Waals surface area contributed by atoms with E-state index in [2.05, 4.69) is 18.3 Å². The monoisotopic (exact) mass is 168 g/mol. The Kier molecular flexibility index (Phi) is 4.06. The van der Waals surface area contributed by atoms with Gasteiger partial charge in [-0.3, -0.25) is 0 Å². The Morgan fingerprint density at radius 1 is 1.67 bits per heavy atom. The van der Waals surface area contributed by atoms with Crippen LogP contribution in [0.1, 0.15) is 26.2 Å². The number of morpholine rings is 1. The van der Waals surface area contributed by atoms with Gasteiger partial charge in [-0.05, 0) is 6.42 Å². The van der Waals surface area contributed by atoms with Crippen LogP contribution in [0.5, 0.6) is 0 Å². The molecule has 2 atom stereocenters. The highest BCUT2D eigenvalue weighted by atomic mass is 16.5. The first kappa shape index (κ1) is 9.50. The van der Waals surface area contributed by atoms with Crippen molar-refractivity contribution in [2.75, 3.05) is 13.2 Å². The summed E-state index contributed by atoms with van der Waals surface area (Å²) < 4.78 is 5.31. The largest absolute Gasteiger partial charge is 0.360 e. The number of hydrogen-bond donors (Lipinski definition) is 1. The van der Waals surface area contributed by atoms with Crippen molar-refractivity contribution in [2.45, 2.75) is 38.3 Å². The Morgan fingerprint density at radius 3 is 3.00 bits per heavy atom. The van der Waals surface area contributed by atoms with E-state index in [1.54, 1.807) is 0 Å². The Hall–Kier alpha value is -0.590. The van der Waals surface area contributed by atoms with Gasteiger partial charge in [0.25, 0.3) is 0 Å². The van der Waals surface area contributed by atoms with Gasteiger partial charge >= 0.3 is 0 Å². The molecule has 0 aromatic rings. The first-order valence-corrected chi connectivity index (χ1v) is 4.61. The average molecular weight is 168 g/mol. The van der Waals surface area contributed by atoms with Gasteiger partial charge in [-0.1, -0.05) is 19.8 Å². The van der Waals surface area contributed by atoms with E-state index in [1.807, 2.05) is 0 Å². The van der Waals surface area contributed by atoms with Gasteiger partial charge in [-0.25, -0.2) is 0 Å². The summed E-state index contributed by atoms with van der Waals surface area (Å²) in [4.78, 5) is 0. The minimum atomic E-state index is -0.233. The number of nitrogens with zero attached hydrogens (tertiary/aromatic N) is 1. The van der Waals surface area contributed by atoms with Gasteiger partial charge in [0.05, 0.1) is 12.7 Å². The Bertz CT molecular complexity index is 156. The summed E-state index contributed by atoms with van der Waals surface area (Å²) >= 11 is 0. The van der Waals surface area contributed by atoms with E-state index in [-0.39, 0.29) is 6.10 Å². The smallest absolute Gasteiger partial charge is 0.156 e. The van der Waals surface area contributed by atoms with Crippen LogP contribution in [0.15, 0.2) is 0 Å². The summed E-state index contributed by atoms with van der Waals surface area (Å²) in [6, 6.07) is 2.56. The van der Waals surface area contributed by atoms with E-state index in [1.165, 1.54) is 12.8 Å². The summed E-state index contributed by atoms with van der Waals surface area (Å²) in [7, 11) is 0. The zero-order chi connectivity index (χ0) is 8.81. The van der Waals surface area contributed by atoms with Gasteiger partial charge in [0.2, 0.25) is 0 Å². The minimum Gasteiger partial charge on any atom is -0.360 e. The zero-order valence-corrected chi connectivity index (χ0v) is 7.55. The molecule has 0 radical (unpaired) electrons. The standard InChI is InChI=1S/C9H16N2O/c1-2-3-4-8-7-12-9(5-10)6-11-8/h8-9,11H,2-4,6-7H2,1H3. The van der Waals surface area contributed by atoms with Gasteiger partial charge in [0.1, 0.15) is 0 Å². The molecule has 0 amide bonds. The van der Waals surface area contributed by atoms with Crippen LogP contribution in [-0.4, -0.2) is 25.3 Å². The Morgan fingerprint density at radius 2 is 2.50 bits per heavy atom. The molecule has 0 saturated carbocycles. The molecule has 0 aromatic heterocycles. The molecular weight excluding hydrogens is 152 g/mol. The lowest BCUT2D eigenvalue weighted by Crippen LogP contribution is -2.45. The van der Waals surface area contributed by atoms with E-state index < -0.39 is 0 Å². The molecule has 1 heterocycles. The summed E-state index contributed by atoms with van der Waals surface area (Å²) in [5, 5.41) is 11.8. The highest BCUT2D eigenvalue weighted by molar-refractivity contribution is 4.90. The highest BCUT2D eigenvalue weighted by Crippen LogP contribution is 2.06. The molecule has 0 spiro atoms. The maximum Gasteiger partial charge on any atom is 0.156 e. The van der Waals surface area contributed by atoms with E-state index in [0.29, 0.717) is 19.2 Å². The second-order valence-electron chi connectivity index (χ2n) is 3.20. The van der Waals surface area contributed by atoms with Crippen LogP contribution < -0.4 is 5.32 Å². The molecule has 3 heteroatoms. The molecule has 1 saturated heterocycles. The molecule has 1 aliphatic heterocycles. The van der Waals surface area contributed by atoms with Gasteiger partial charge in [0, 0.05) is 12.6 Å². The third-order valence-electron chi connectivity index (χ3n) is 2.14. The van der Waals surface area contributed by atoms with Crippen LogP contribution in [0, 0.1) is 11.3 Å². The van der Waals surface area contributed by atoms with Gasteiger partial charge < -0.3 is 10.1 Å². The first-order chi connectivity index (χ1) is 5.86. The summed E-state index contributed by atoms with van der Waals surface area (Å²) in [6.07, 6.45) is 3.38. The van der Waals surface area contributed by atoms with E-state index in [4.69, 9.17) is 10.00 Å². The summed E-state index contributed by atoms with van der Waals surface area (Å²) in [5.41, 5.74) is 0. The van der Waals surface area contributed by atoms with Crippen molar-refractivity contribution in [1.82, 2.24) is 5.32 Å². The third kappa shape index (κ3) is 2.80. The second-order valence-corrected chi connectivity index (χ2v) is 3.20. The average Bonchev–Trinajstić information content (AvgIpc) is 2.15. The number of rotatable bonds is 3.